The van der Waals surface area contributed by atoms with Crippen molar-refractivity contribution in [3.8, 4) is 5.75 Å². The van der Waals surface area contributed by atoms with E-state index in [0.717, 1.165) is 28.9 Å². The Kier molecular flexibility index (Phi) is 8.14. The molecule has 0 aliphatic carbocycles. The molecule has 1 saturated heterocycles. The minimum absolute atomic E-state index is 0.0497. The minimum atomic E-state index is -4.20. The van der Waals surface area contributed by atoms with E-state index in [4.69, 9.17) is 10.1 Å². The summed E-state index contributed by atoms with van der Waals surface area (Å²) >= 11 is 1.43. The molecule has 3 rings (SSSR count). The van der Waals surface area contributed by atoms with Crippen molar-refractivity contribution in [3.63, 3.8) is 0 Å². The summed E-state index contributed by atoms with van der Waals surface area (Å²) in [7, 11) is 0. The van der Waals surface area contributed by atoms with Crippen LogP contribution in [0.5, 0.6) is 5.75 Å². The van der Waals surface area contributed by atoms with Crippen molar-refractivity contribution >= 4 is 27.7 Å². The van der Waals surface area contributed by atoms with Crippen LogP contribution in [0, 0.1) is 11.3 Å². The number of halogens is 3. The summed E-state index contributed by atoms with van der Waals surface area (Å²) in [5, 5.41) is 8.72. The van der Waals surface area contributed by atoms with Crippen LogP contribution in [0.1, 0.15) is 50.7 Å². The van der Waals surface area contributed by atoms with E-state index in [1.54, 1.807) is 4.90 Å². The van der Waals surface area contributed by atoms with Crippen molar-refractivity contribution in [2.24, 2.45) is 5.92 Å². The van der Waals surface area contributed by atoms with Gasteiger partial charge in [0, 0.05) is 23.6 Å². The molecule has 32 heavy (non-hydrogen) atoms. The van der Waals surface area contributed by atoms with Crippen molar-refractivity contribution in [1.29, 1.82) is 5.41 Å². The summed E-state index contributed by atoms with van der Waals surface area (Å²) in [6, 6.07) is 5.59. The average molecular weight is 470 g/mol. The summed E-state index contributed by atoms with van der Waals surface area (Å²) in [6.45, 7) is 5.27. The number of amides is 2. The molecule has 9 heteroatoms. The lowest BCUT2D eigenvalue weighted by molar-refractivity contribution is -0.183. The Morgan fingerprint density at radius 1 is 1.25 bits per heavy atom. The van der Waals surface area contributed by atoms with Gasteiger partial charge in [-0.1, -0.05) is 37.2 Å². The normalized spacial score (nSPS) is 18.1. The number of carbonyl (C=O) groups is 1. The molecule has 0 radical (unpaired) electrons. The zero-order valence-corrected chi connectivity index (χ0v) is 19.3. The number of nitrogens with zero attached hydrogens (tertiary/aromatic N) is 2. The SMILES string of the molecule is CC=C(SC(=N)CCC)c1ccc2c(c1)CN(C(=O)N1CCC(C(F)(F)F)CC1)CCO2. The molecule has 0 bridgehead atoms. The van der Waals surface area contributed by atoms with E-state index in [9.17, 15) is 18.0 Å². The maximum Gasteiger partial charge on any atom is 0.391 e. The molecule has 1 aromatic rings. The third-order valence-corrected chi connectivity index (χ3v) is 6.94. The van der Waals surface area contributed by atoms with Crippen LogP contribution >= 0.6 is 11.8 Å². The van der Waals surface area contributed by atoms with Crippen LogP contribution in [0.15, 0.2) is 24.3 Å². The number of rotatable bonds is 4. The highest BCUT2D eigenvalue weighted by Crippen LogP contribution is 2.36. The van der Waals surface area contributed by atoms with Crippen LogP contribution in [-0.2, 0) is 6.54 Å². The second-order valence-electron chi connectivity index (χ2n) is 8.11. The predicted octanol–water partition coefficient (Wildman–Crippen LogP) is 6.15. The van der Waals surface area contributed by atoms with E-state index in [-0.39, 0.29) is 32.0 Å². The number of nitrogens with one attached hydrogen (secondary N) is 1. The van der Waals surface area contributed by atoms with Gasteiger partial charge in [0.05, 0.1) is 24.1 Å². The molecule has 2 aliphatic heterocycles. The standard InChI is InChI=1S/C23H30F3N3O2S/c1-3-5-21(27)32-20(4-2)16-6-7-19-17(14-16)15-29(12-13-31-19)22(30)28-10-8-18(9-11-28)23(24,25)26/h4,6-7,14,18,27H,3,5,8-13,15H2,1-2H3. The Labute approximate surface area is 191 Å². The Hall–Kier alpha value is -2.16. The molecule has 1 N–H and O–H groups in total. The molecule has 2 aliphatic rings. The molecule has 0 aromatic heterocycles. The van der Waals surface area contributed by atoms with E-state index in [1.165, 1.54) is 16.7 Å². The van der Waals surface area contributed by atoms with Crippen LogP contribution in [-0.4, -0.2) is 53.3 Å². The van der Waals surface area contributed by atoms with Gasteiger partial charge in [0.1, 0.15) is 12.4 Å². The molecular weight excluding hydrogens is 439 g/mol. The highest BCUT2D eigenvalue weighted by atomic mass is 32.2. The van der Waals surface area contributed by atoms with Crippen molar-refractivity contribution in [2.75, 3.05) is 26.2 Å². The number of hydrogen-bond donors (Lipinski definition) is 1. The molecule has 2 heterocycles. The van der Waals surface area contributed by atoms with Crippen molar-refractivity contribution < 1.29 is 22.7 Å². The van der Waals surface area contributed by atoms with Gasteiger partial charge in [-0.15, -0.1) is 0 Å². The van der Waals surface area contributed by atoms with Crippen molar-refractivity contribution in [1.82, 2.24) is 9.80 Å². The largest absolute Gasteiger partial charge is 0.491 e. The number of piperidine rings is 1. The monoisotopic (exact) mass is 469 g/mol. The number of fused-ring (bicyclic) bond motifs is 1. The fourth-order valence-corrected chi connectivity index (χ4v) is 4.94. The fourth-order valence-electron chi connectivity index (χ4n) is 4.00. The van der Waals surface area contributed by atoms with Crippen LogP contribution in [0.3, 0.4) is 0 Å². The number of alkyl halides is 3. The van der Waals surface area contributed by atoms with E-state index >= 15 is 0 Å². The third kappa shape index (κ3) is 5.99. The molecule has 5 nitrogen and oxygen atoms in total. The van der Waals surface area contributed by atoms with Gasteiger partial charge in [-0.25, -0.2) is 4.79 Å². The fraction of sp³-hybridized carbons (Fsp3) is 0.565. The topological polar surface area (TPSA) is 56.6 Å². The second kappa shape index (κ2) is 10.6. The number of thioether (sulfide) groups is 1. The van der Waals surface area contributed by atoms with Crippen LogP contribution in [0.2, 0.25) is 0 Å². The minimum Gasteiger partial charge on any atom is -0.491 e. The maximum atomic E-state index is 13.0. The first-order valence-corrected chi connectivity index (χ1v) is 11.8. The van der Waals surface area contributed by atoms with Gasteiger partial charge in [-0.2, -0.15) is 13.2 Å². The molecule has 1 fully saturated rings. The smallest absolute Gasteiger partial charge is 0.391 e. The highest BCUT2D eigenvalue weighted by molar-refractivity contribution is 8.21. The Morgan fingerprint density at radius 3 is 2.59 bits per heavy atom. The molecule has 0 unspecified atom stereocenters. The van der Waals surface area contributed by atoms with Gasteiger partial charge < -0.3 is 14.5 Å². The van der Waals surface area contributed by atoms with Crippen molar-refractivity contribution in [2.45, 2.75) is 52.3 Å². The van der Waals surface area contributed by atoms with Gasteiger partial charge in [0.2, 0.25) is 0 Å². The number of allylic oxidation sites excluding steroid dienone is 1. The number of urea groups is 1. The number of likely N-dealkylation sites (tertiary alicyclic amines) is 1. The van der Waals surface area contributed by atoms with Gasteiger partial charge >= 0.3 is 12.2 Å². The van der Waals surface area contributed by atoms with Crippen molar-refractivity contribution in [3.05, 3.63) is 35.4 Å². The first-order chi connectivity index (χ1) is 15.2. The Bertz CT molecular complexity index is 865. The number of ether oxygens (including phenoxy) is 1. The number of benzene rings is 1. The number of hydrogen-bond acceptors (Lipinski definition) is 4. The number of carbonyl (C=O) groups excluding carboxylic acids is 1. The lowest BCUT2D eigenvalue weighted by Crippen LogP contribution is -2.48. The summed E-state index contributed by atoms with van der Waals surface area (Å²) in [4.78, 5) is 17.2. The first kappa shape index (κ1) is 24.5. The second-order valence-corrected chi connectivity index (χ2v) is 9.24. The summed E-state index contributed by atoms with van der Waals surface area (Å²) in [6.07, 6.45) is -0.682. The lowest BCUT2D eigenvalue weighted by atomic mass is 9.96. The lowest BCUT2D eigenvalue weighted by Gasteiger charge is -2.35. The Morgan fingerprint density at radius 2 is 1.97 bits per heavy atom. The van der Waals surface area contributed by atoms with Gasteiger partial charge in [0.25, 0.3) is 0 Å². The molecule has 0 spiro atoms. The van der Waals surface area contributed by atoms with Crippen LogP contribution in [0.4, 0.5) is 18.0 Å². The van der Waals surface area contributed by atoms with E-state index in [0.29, 0.717) is 30.5 Å². The van der Waals surface area contributed by atoms with Gasteiger partial charge in [-0.05, 0) is 43.9 Å². The van der Waals surface area contributed by atoms with E-state index in [2.05, 4.69) is 0 Å². The molecule has 0 saturated carbocycles. The van der Waals surface area contributed by atoms with Gasteiger partial charge in [-0.3, -0.25) is 5.41 Å². The zero-order valence-electron chi connectivity index (χ0n) is 18.5. The molecular formula is C23H30F3N3O2S. The zero-order chi connectivity index (χ0) is 23.3. The summed E-state index contributed by atoms with van der Waals surface area (Å²) in [5.41, 5.74) is 1.82. The predicted molar refractivity (Wildman–Crippen MR) is 122 cm³/mol. The summed E-state index contributed by atoms with van der Waals surface area (Å²) < 4.78 is 44.7. The van der Waals surface area contributed by atoms with E-state index in [1.807, 2.05) is 38.1 Å². The average Bonchev–Trinajstić information content (AvgIpc) is 2.98. The van der Waals surface area contributed by atoms with Gasteiger partial charge in [0.15, 0.2) is 0 Å². The quantitative estimate of drug-likeness (QED) is 0.425. The molecule has 2 amide bonds. The molecule has 0 atom stereocenters. The Balaban J connectivity index is 1.71. The van der Waals surface area contributed by atoms with E-state index < -0.39 is 12.1 Å². The summed E-state index contributed by atoms with van der Waals surface area (Å²) in [5.74, 6) is -0.616. The molecule has 176 valence electrons. The maximum absolute atomic E-state index is 13.0. The molecule has 1 aromatic carbocycles. The highest BCUT2D eigenvalue weighted by Gasteiger charge is 2.42. The first-order valence-electron chi connectivity index (χ1n) is 11.0. The third-order valence-electron chi connectivity index (χ3n) is 5.80. The van der Waals surface area contributed by atoms with Crippen LogP contribution in [0.25, 0.3) is 4.91 Å². The van der Waals surface area contributed by atoms with Crippen LogP contribution < -0.4 is 4.74 Å².